The van der Waals surface area contributed by atoms with Crippen LogP contribution in [0.2, 0.25) is 5.02 Å². The number of hydrogen-bond donors (Lipinski definition) is 1. The Bertz CT molecular complexity index is 1700. The number of hydrogen-bond acceptors (Lipinski definition) is 6. The van der Waals surface area contributed by atoms with Crippen LogP contribution in [0.5, 0.6) is 5.75 Å². The van der Waals surface area contributed by atoms with Gasteiger partial charge in [0.1, 0.15) is 11.6 Å². The summed E-state index contributed by atoms with van der Waals surface area (Å²) in [6.07, 6.45) is 4.50. The fourth-order valence-electron chi connectivity index (χ4n) is 3.81. The number of ether oxygens (including phenoxy) is 1. The molecule has 0 saturated heterocycles. The van der Waals surface area contributed by atoms with Crippen molar-refractivity contribution in [3.05, 3.63) is 96.2 Å². The number of sulfonamides is 1. The first kappa shape index (κ1) is 23.7. The van der Waals surface area contributed by atoms with Crippen molar-refractivity contribution in [1.29, 1.82) is 0 Å². The van der Waals surface area contributed by atoms with Crippen molar-refractivity contribution < 1.29 is 17.5 Å². The summed E-state index contributed by atoms with van der Waals surface area (Å²) in [5.41, 5.74) is 2.71. The van der Waals surface area contributed by atoms with Gasteiger partial charge in [0, 0.05) is 29.5 Å². The number of benzene rings is 3. The zero-order valence-electron chi connectivity index (χ0n) is 18.8. The van der Waals surface area contributed by atoms with E-state index in [2.05, 4.69) is 19.7 Å². The van der Waals surface area contributed by atoms with Gasteiger partial charge in [0.2, 0.25) is 5.95 Å². The highest BCUT2D eigenvalue weighted by Gasteiger charge is 2.18. The van der Waals surface area contributed by atoms with E-state index in [1.54, 1.807) is 42.6 Å². The van der Waals surface area contributed by atoms with Crippen molar-refractivity contribution >= 4 is 38.3 Å². The highest BCUT2D eigenvalue weighted by molar-refractivity contribution is 7.92. The molecule has 0 aliphatic rings. The van der Waals surface area contributed by atoms with E-state index in [1.807, 2.05) is 12.1 Å². The average Bonchev–Trinajstić information content (AvgIpc) is 2.89. The number of rotatable bonds is 6. The molecule has 0 aliphatic carbocycles. The molecule has 0 atom stereocenters. The maximum absolute atomic E-state index is 14.0. The van der Waals surface area contributed by atoms with Gasteiger partial charge in [0.25, 0.3) is 10.0 Å². The molecule has 1 N–H and O–H groups in total. The second kappa shape index (κ2) is 9.52. The number of pyridine rings is 1. The lowest BCUT2D eigenvalue weighted by Crippen LogP contribution is -2.14. The Labute approximate surface area is 211 Å². The molecule has 0 saturated carbocycles. The summed E-state index contributed by atoms with van der Waals surface area (Å²) in [6.45, 7) is 0. The van der Waals surface area contributed by atoms with Crippen molar-refractivity contribution in [2.75, 3.05) is 11.8 Å². The Morgan fingerprint density at radius 1 is 0.889 bits per heavy atom. The summed E-state index contributed by atoms with van der Waals surface area (Å²) in [7, 11) is -2.36. The summed E-state index contributed by atoms with van der Waals surface area (Å²) in [4.78, 5) is 12.4. The van der Waals surface area contributed by atoms with E-state index in [-0.39, 0.29) is 15.9 Å². The second-order valence-corrected chi connectivity index (χ2v) is 9.85. The molecular formula is C26H18ClFN4O3S. The highest BCUT2D eigenvalue weighted by Crippen LogP contribution is 2.37. The van der Waals surface area contributed by atoms with Gasteiger partial charge in [-0.15, -0.1) is 0 Å². The van der Waals surface area contributed by atoms with Gasteiger partial charge in [-0.25, -0.2) is 27.5 Å². The van der Waals surface area contributed by atoms with E-state index in [9.17, 15) is 12.8 Å². The van der Waals surface area contributed by atoms with Crippen LogP contribution in [-0.2, 0) is 10.0 Å². The second-order valence-electron chi connectivity index (χ2n) is 7.76. The number of aromatic nitrogens is 3. The molecule has 0 aliphatic heterocycles. The molecule has 180 valence electrons. The minimum Gasteiger partial charge on any atom is -0.496 e. The molecule has 5 aromatic rings. The van der Waals surface area contributed by atoms with Crippen molar-refractivity contribution in [3.63, 3.8) is 0 Å². The van der Waals surface area contributed by atoms with Crippen LogP contribution in [-0.4, -0.2) is 30.5 Å². The number of methoxy groups -OCH3 is 1. The Morgan fingerprint density at radius 3 is 2.39 bits per heavy atom. The Hall–Kier alpha value is -4.08. The first-order valence-corrected chi connectivity index (χ1v) is 12.5. The van der Waals surface area contributed by atoms with Gasteiger partial charge in [-0.05, 0) is 65.0 Å². The molecule has 2 aromatic heterocycles. The van der Waals surface area contributed by atoms with Crippen LogP contribution < -0.4 is 9.46 Å². The van der Waals surface area contributed by atoms with E-state index < -0.39 is 15.8 Å². The lowest BCUT2D eigenvalue weighted by molar-refractivity contribution is 0.416. The SMILES string of the molecule is COc1cc(-c2ccc(Cl)c(F)c2)ccc1-c1nccc2cc(S(=O)(=O)Nc3ncccn3)ccc12. The third kappa shape index (κ3) is 4.58. The fourth-order valence-corrected chi connectivity index (χ4v) is 4.92. The number of anilines is 1. The lowest BCUT2D eigenvalue weighted by Gasteiger charge is -2.13. The molecule has 0 amide bonds. The van der Waals surface area contributed by atoms with Gasteiger partial charge in [-0.3, -0.25) is 4.98 Å². The standard InChI is InChI=1S/C26H18ClFN4O3S/c1-35-24-15-17(16-4-8-22(27)23(28)14-16)3-6-21(24)25-20-7-5-19(13-18(20)9-12-29-25)36(33,34)32-26-30-10-2-11-31-26/h2-15H,1H3,(H,30,31,32). The van der Waals surface area contributed by atoms with Gasteiger partial charge in [-0.1, -0.05) is 29.8 Å². The van der Waals surface area contributed by atoms with Gasteiger partial charge in [-0.2, -0.15) is 0 Å². The van der Waals surface area contributed by atoms with E-state index in [0.29, 0.717) is 28.0 Å². The molecule has 7 nitrogen and oxygen atoms in total. The van der Waals surface area contributed by atoms with Crippen LogP contribution in [0.3, 0.4) is 0 Å². The third-order valence-corrected chi connectivity index (χ3v) is 7.18. The first-order valence-electron chi connectivity index (χ1n) is 10.7. The highest BCUT2D eigenvalue weighted by atomic mass is 35.5. The topological polar surface area (TPSA) is 94.1 Å². The molecule has 5 rings (SSSR count). The van der Waals surface area contributed by atoms with Crippen LogP contribution in [0.4, 0.5) is 10.3 Å². The number of fused-ring (bicyclic) bond motifs is 1. The maximum atomic E-state index is 14.0. The number of nitrogens with zero attached hydrogens (tertiary/aromatic N) is 3. The summed E-state index contributed by atoms with van der Waals surface area (Å²) in [5, 5.41) is 1.45. The van der Waals surface area contributed by atoms with E-state index in [0.717, 1.165) is 10.9 Å². The number of halogens is 2. The Kier molecular flexibility index (Phi) is 6.26. The van der Waals surface area contributed by atoms with Crippen LogP contribution >= 0.6 is 11.6 Å². The van der Waals surface area contributed by atoms with E-state index >= 15 is 0 Å². The molecule has 0 bridgehead atoms. The molecule has 3 aromatic carbocycles. The zero-order valence-corrected chi connectivity index (χ0v) is 20.4. The molecule has 10 heteroatoms. The molecule has 0 fully saturated rings. The Morgan fingerprint density at radius 2 is 1.64 bits per heavy atom. The monoisotopic (exact) mass is 520 g/mol. The van der Waals surface area contributed by atoms with Gasteiger partial charge < -0.3 is 4.74 Å². The average molecular weight is 521 g/mol. The minimum absolute atomic E-state index is 0.0154. The van der Waals surface area contributed by atoms with Crippen molar-refractivity contribution in [1.82, 2.24) is 15.0 Å². The van der Waals surface area contributed by atoms with Crippen LogP contribution in [0.15, 0.2) is 90.2 Å². The Balaban J connectivity index is 1.55. The first-order chi connectivity index (χ1) is 17.4. The van der Waals surface area contributed by atoms with Gasteiger partial charge >= 0.3 is 0 Å². The van der Waals surface area contributed by atoms with Gasteiger partial charge in [0.05, 0.1) is 22.7 Å². The maximum Gasteiger partial charge on any atom is 0.264 e. The summed E-state index contributed by atoms with van der Waals surface area (Å²) >= 11 is 5.81. The fraction of sp³-hybridized carbons (Fsp3) is 0.0385. The molecule has 2 heterocycles. The van der Waals surface area contributed by atoms with E-state index in [4.69, 9.17) is 16.3 Å². The van der Waals surface area contributed by atoms with Crippen LogP contribution in [0.1, 0.15) is 0 Å². The predicted molar refractivity (Wildman–Crippen MR) is 137 cm³/mol. The van der Waals surface area contributed by atoms with Crippen LogP contribution in [0.25, 0.3) is 33.2 Å². The molecule has 36 heavy (non-hydrogen) atoms. The quantitative estimate of drug-likeness (QED) is 0.297. The smallest absolute Gasteiger partial charge is 0.264 e. The van der Waals surface area contributed by atoms with Crippen LogP contribution in [0, 0.1) is 5.82 Å². The molecule has 0 spiro atoms. The van der Waals surface area contributed by atoms with Crippen molar-refractivity contribution in [3.8, 4) is 28.1 Å². The third-order valence-electron chi connectivity index (χ3n) is 5.55. The van der Waals surface area contributed by atoms with Crippen molar-refractivity contribution in [2.45, 2.75) is 4.90 Å². The minimum atomic E-state index is -3.90. The summed E-state index contributed by atoms with van der Waals surface area (Å²) in [6, 6.07) is 18.1. The summed E-state index contributed by atoms with van der Waals surface area (Å²) < 4.78 is 47.7. The predicted octanol–water partition coefficient (Wildman–Crippen LogP) is 5.96. The molecule has 0 radical (unpaired) electrons. The zero-order chi connectivity index (χ0) is 25.3. The largest absolute Gasteiger partial charge is 0.496 e. The van der Waals surface area contributed by atoms with E-state index in [1.165, 1.54) is 37.7 Å². The summed E-state index contributed by atoms with van der Waals surface area (Å²) in [5.74, 6) is 0.00728. The molecular weight excluding hydrogens is 503 g/mol. The molecule has 0 unspecified atom stereocenters. The van der Waals surface area contributed by atoms with Gasteiger partial charge in [0.15, 0.2) is 0 Å². The number of nitrogens with one attached hydrogen (secondary N) is 1. The van der Waals surface area contributed by atoms with Crippen molar-refractivity contribution in [2.24, 2.45) is 0 Å². The lowest BCUT2D eigenvalue weighted by atomic mass is 9.99. The normalized spacial score (nSPS) is 11.4.